The first-order chi connectivity index (χ1) is 6.81. The van der Waals surface area contributed by atoms with E-state index in [9.17, 15) is 0 Å². The topological polar surface area (TPSA) is 26.0 Å². The molecule has 1 heterocycles. The molecule has 0 bridgehead atoms. The van der Waals surface area contributed by atoms with E-state index in [0.717, 1.165) is 0 Å². The molecule has 2 N–H and O–H groups in total. The van der Waals surface area contributed by atoms with Crippen molar-refractivity contribution >= 4 is 11.3 Å². The van der Waals surface area contributed by atoms with Gasteiger partial charge in [-0.3, -0.25) is 0 Å². The first kappa shape index (κ1) is 9.44. The van der Waals surface area contributed by atoms with E-state index in [0.29, 0.717) is 6.54 Å². The van der Waals surface area contributed by atoms with Crippen LogP contribution in [0.1, 0.15) is 10.4 Å². The summed E-state index contributed by atoms with van der Waals surface area (Å²) in [5, 5.41) is 0. The molecule has 0 aliphatic rings. The fraction of sp³-hybridized carbons (Fsp3) is 0.167. The number of hydrogen-bond donors (Lipinski definition) is 1. The molecule has 0 amide bonds. The lowest BCUT2D eigenvalue weighted by Gasteiger charge is -2.01. The zero-order chi connectivity index (χ0) is 9.97. The van der Waals surface area contributed by atoms with E-state index in [1.807, 2.05) is 0 Å². The average molecular weight is 203 g/mol. The Morgan fingerprint density at radius 3 is 2.57 bits per heavy atom. The van der Waals surface area contributed by atoms with E-state index in [1.54, 1.807) is 11.3 Å². The molecular weight excluding hydrogens is 190 g/mol. The van der Waals surface area contributed by atoms with E-state index < -0.39 is 0 Å². The zero-order valence-electron chi connectivity index (χ0n) is 8.16. The third kappa shape index (κ3) is 1.72. The van der Waals surface area contributed by atoms with Gasteiger partial charge >= 0.3 is 0 Å². The van der Waals surface area contributed by atoms with E-state index >= 15 is 0 Å². The standard InChI is InChI=1S/C12H13NS/c1-9-4-2-3-5-11(9)12-7-6-10(8-13)14-12/h2-7H,8,13H2,1H3. The van der Waals surface area contributed by atoms with Crippen LogP contribution in [0.5, 0.6) is 0 Å². The maximum Gasteiger partial charge on any atom is 0.0348 e. The number of rotatable bonds is 2. The lowest BCUT2D eigenvalue weighted by molar-refractivity contribution is 1.11. The first-order valence-corrected chi connectivity index (χ1v) is 5.47. The molecule has 0 aliphatic heterocycles. The lowest BCUT2D eigenvalue weighted by Crippen LogP contribution is -1.91. The Morgan fingerprint density at radius 2 is 1.93 bits per heavy atom. The van der Waals surface area contributed by atoms with Gasteiger partial charge in [-0.1, -0.05) is 24.3 Å². The summed E-state index contributed by atoms with van der Waals surface area (Å²) in [6.07, 6.45) is 0. The summed E-state index contributed by atoms with van der Waals surface area (Å²) >= 11 is 1.78. The van der Waals surface area contributed by atoms with Gasteiger partial charge in [0.15, 0.2) is 0 Å². The fourth-order valence-corrected chi connectivity index (χ4v) is 2.46. The van der Waals surface area contributed by atoms with Crippen LogP contribution in [0, 0.1) is 6.92 Å². The van der Waals surface area contributed by atoms with Crippen molar-refractivity contribution in [3.63, 3.8) is 0 Å². The van der Waals surface area contributed by atoms with Gasteiger partial charge < -0.3 is 5.73 Å². The average Bonchev–Trinajstić information content (AvgIpc) is 2.67. The van der Waals surface area contributed by atoms with Crippen molar-refractivity contribution in [3.05, 3.63) is 46.8 Å². The van der Waals surface area contributed by atoms with Crippen LogP contribution in [-0.4, -0.2) is 0 Å². The Bertz CT molecular complexity index is 431. The quantitative estimate of drug-likeness (QED) is 0.797. The summed E-state index contributed by atoms with van der Waals surface area (Å²) in [6.45, 7) is 2.77. The van der Waals surface area contributed by atoms with Crippen molar-refractivity contribution in [2.75, 3.05) is 0 Å². The van der Waals surface area contributed by atoms with Crippen LogP contribution >= 0.6 is 11.3 Å². The van der Waals surface area contributed by atoms with Crippen molar-refractivity contribution in [2.24, 2.45) is 5.73 Å². The summed E-state index contributed by atoms with van der Waals surface area (Å²) in [4.78, 5) is 2.55. The second kappa shape index (κ2) is 3.95. The summed E-state index contributed by atoms with van der Waals surface area (Å²) < 4.78 is 0. The van der Waals surface area contributed by atoms with E-state index in [4.69, 9.17) is 5.73 Å². The van der Waals surface area contributed by atoms with Crippen molar-refractivity contribution in [3.8, 4) is 10.4 Å². The van der Waals surface area contributed by atoms with Gasteiger partial charge in [-0.25, -0.2) is 0 Å². The van der Waals surface area contributed by atoms with Crippen LogP contribution in [0.25, 0.3) is 10.4 Å². The van der Waals surface area contributed by atoms with Gasteiger partial charge in [-0.2, -0.15) is 0 Å². The van der Waals surface area contributed by atoms with Crippen LogP contribution < -0.4 is 5.73 Å². The van der Waals surface area contributed by atoms with Crippen molar-refractivity contribution in [1.82, 2.24) is 0 Å². The third-order valence-corrected chi connectivity index (χ3v) is 3.41. The van der Waals surface area contributed by atoms with Crippen LogP contribution in [0.4, 0.5) is 0 Å². The fourth-order valence-electron chi connectivity index (χ4n) is 1.48. The Balaban J connectivity index is 2.44. The molecule has 0 radical (unpaired) electrons. The van der Waals surface area contributed by atoms with Gasteiger partial charge in [0, 0.05) is 16.3 Å². The molecule has 0 spiro atoms. The molecule has 1 nitrogen and oxygen atoms in total. The number of thiophene rings is 1. The second-order valence-corrected chi connectivity index (χ2v) is 4.45. The molecule has 0 unspecified atom stereocenters. The monoisotopic (exact) mass is 203 g/mol. The molecule has 0 saturated heterocycles. The van der Waals surface area contributed by atoms with E-state index in [1.165, 1.54) is 20.9 Å². The number of aryl methyl sites for hydroxylation is 1. The highest BCUT2D eigenvalue weighted by atomic mass is 32.1. The molecule has 0 atom stereocenters. The minimum Gasteiger partial charge on any atom is -0.326 e. The highest BCUT2D eigenvalue weighted by Gasteiger charge is 2.03. The molecule has 2 aromatic rings. The van der Waals surface area contributed by atoms with E-state index in [2.05, 4.69) is 43.3 Å². The first-order valence-electron chi connectivity index (χ1n) is 4.66. The highest BCUT2D eigenvalue weighted by Crippen LogP contribution is 2.29. The summed E-state index contributed by atoms with van der Waals surface area (Å²) in [7, 11) is 0. The normalized spacial score (nSPS) is 10.4. The third-order valence-electron chi connectivity index (χ3n) is 2.27. The largest absolute Gasteiger partial charge is 0.326 e. The van der Waals surface area contributed by atoms with Gasteiger partial charge in [0.05, 0.1) is 0 Å². The summed E-state index contributed by atoms with van der Waals surface area (Å²) in [5.41, 5.74) is 8.22. The van der Waals surface area contributed by atoms with E-state index in [-0.39, 0.29) is 0 Å². The minimum atomic E-state index is 0.635. The molecule has 1 aromatic heterocycles. The molecule has 72 valence electrons. The molecule has 0 fully saturated rings. The minimum absolute atomic E-state index is 0.635. The molecule has 0 aliphatic carbocycles. The van der Waals surface area contributed by atoms with Crippen LogP contribution in [0.3, 0.4) is 0 Å². The Labute approximate surface area is 88.2 Å². The molecule has 1 aromatic carbocycles. The Kier molecular flexibility index (Phi) is 2.66. The van der Waals surface area contributed by atoms with Crippen LogP contribution in [0.15, 0.2) is 36.4 Å². The number of hydrogen-bond acceptors (Lipinski definition) is 2. The van der Waals surface area contributed by atoms with Gasteiger partial charge in [0.1, 0.15) is 0 Å². The SMILES string of the molecule is Cc1ccccc1-c1ccc(CN)s1. The maximum absolute atomic E-state index is 5.59. The summed E-state index contributed by atoms with van der Waals surface area (Å²) in [6, 6.07) is 12.7. The molecule has 2 rings (SSSR count). The van der Waals surface area contributed by atoms with Gasteiger partial charge in [-0.05, 0) is 30.2 Å². The number of benzene rings is 1. The lowest BCUT2D eigenvalue weighted by atomic mass is 10.1. The highest BCUT2D eigenvalue weighted by molar-refractivity contribution is 7.15. The predicted octanol–water partition coefficient (Wildman–Crippen LogP) is 3.18. The molecular formula is C12H13NS. The molecule has 14 heavy (non-hydrogen) atoms. The molecule has 2 heteroatoms. The predicted molar refractivity (Wildman–Crippen MR) is 62.4 cm³/mol. The van der Waals surface area contributed by atoms with Crippen LogP contribution in [-0.2, 0) is 6.54 Å². The second-order valence-electron chi connectivity index (χ2n) is 3.29. The Morgan fingerprint density at radius 1 is 1.14 bits per heavy atom. The van der Waals surface area contributed by atoms with Gasteiger partial charge in [-0.15, -0.1) is 11.3 Å². The Hall–Kier alpha value is -1.12. The maximum atomic E-state index is 5.59. The smallest absolute Gasteiger partial charge is 0.0348 e. The van der Waals surface area contributed by atoms with Crippen molar-refractivity contribution in [1.29, 1.82) is 0 Å². The summed E-state index contributed by atoms with van der Waals surface area (Å²) in [5.74, 6) is 0. The van der Waals surface area contributed by atoms with Crippen molar-refractivity contribution in [2.45, 2.75) is 13.5 Å². The zero-order valence-corrected chi connectivity index (χ0v) is 8.97. The van der Waals surface area contributed by atoms with Crippen molar-refractivity contribution < 1.29 is 0 Å². The van der Waals surface area contributed by atoms with Crippen LogP contribution in [0.2, 0.25) is 0 Å². The van der Waals surface area contributed by atoms with Gasteiger partial charge in [0.2, 0.25) is 0 Å². The number of nitrogens with two attached hydrogens (primary N) is 1. The molecule has 0 saturated carbocycles. The van der Waals surface area contributed by atoms with Gasteiger partial charge in [0.25, 0.3) is 0 Å².